The molecule has 4 nitrogen and oxygen atoms in total. The molecular formula is C12H13ClN3OP. The molecule has 0 aliphatic rings. The monoisotopic (exact) mass is 281 g/mol. The number of nitrogens with zero attached hydrogens (tertiary/aromatic N) is 3. The SMILES string of the molecule is CP(C)(=O)c1ccccc1Cc1ncnc(Cl)n1. The molecule has 0 aliphatic carbocycles. The maximum atomic E-state index is 12.2. The van der Waals surface area contributed by atoms with Crippen molar-refractivity contribution in [1.29, 1.82) is 0 Å². The van der Waals surface area contributed by atoms with E-state index in [0.29, 0.717) is 12.2 Å². The van der Waals surface area contributed by atoms with Crippen LogP contribution in [0.1, 0.15) is 11.4 Å². The van der Waals surface area contributed by atoms with Gasteiger partial charge in [0, 0.05) is 11.7 Å². The smallest absolute Gasteiger partial charge is 0.225 e. The van der Waals surface area contributed by atoms with Crippen LogP contribution in [-0.2, 0) is 11.0 Å². The molecule has 1 aromatic carbocycles. The van der Waals surface area contributed by atoms with E-state index in [2.05, 4.69) is 15.0 Å². The normalized spacial score (nSPS) is 11.5. The zero-order valence-corrected chi connectivity index (χ0v) is 11.8. The van der Waals surface area contributed by atoms with Crippen LogP contribution in [0.3, 0.4) is 0 Å². The molecule has 0 saturated carbocycles. The average Bonchev–Trinajstić information content (AvgIpc) is 2.28. The third-order valence-corrected chi connectivity index (χ3v) is 4.29. The molecule has 0 N–H and O–H groups in total. The molecule has 6 heteroatoms. The molecule has 2 aromatic rings. The quantitative estimate of drug-likeness (QED) is 0.811. The van der Waals surface area contributed by atoms with Gasteiger partial charge in [-0.15, -0.1) is 0 Å². The summed E-state index contributed by atoms with van der Waals surface area (Å²) in [7, 11) is -2.31. The van der Waals surface area contributed by atoms with Crippen LogP contribution in [0.15, 0.2) is 30.6 Å². The molecule has 0 bridgehead atoms. The third-order valence-electron chi connectivity index (χ3n) is 2.51. The summed E-state index contributed by atoms with van der Waals surface area (Å²) in [5.41, 5.74) is 0.966. The highest BCUT2D eigenvalue weighted by atomic mass is 35.5. The fourth-order valence-corrected chi connectivity index (χ4v) is 3.18. The van der Waals surface area contributed by atoms with Gasteiger partial charge in [0.05, 0.1) is 0 Å². The van der Waals surface area contributed by atoms with Gasteiger partial charge in [-0.1, -0.05) is 24.3 Å². The Morgan fingerprint density at radius 2 is 1.94 bits per heavy atom. The molecular weight excluding hydrogens is 269 g/mol. The second-order valence-electron chi connectivity index (χ2n) is 4.33. The number of rotatable bonds is 3. The first-order chi connectivity index (χ1) is 8.47. The summed E-state index contributed by atoms with van der Waals surface area (Å²) < 4.78 is 12.2. The van der Waals surface area contributed by atoms with Gasteiger partial charge in [-0.3, -0.25) is 0 Å². The molecule has 0 saturated heterocycles. The third kappa shape index (κ3) is 3.15. The fraction of sp³-hybridized carbons (Fsp3) is 0.250. The topological polar surface area (TPSA) is 55.7 Å². The first kappa shape index (κ1) is 13.2. The van der Waals surface area contributed by atoms with Crippen LogP contribution >= 0.6 is 18.7 Å². The molecule has 0 fully saturated rings. The molecule has 18 heavy (non-hydrogen) atoms. The molecule has 0 atom stereocenters. The van der Waals surface area contributed by atoms with E-state index in [1.165, 1.54) is 6.33 Å². The van der Waals surface area contributed by atoms with Crippen molar-refractivity contribution in [3.05, 3.63) is 47.3 Å². The molecule has 1 heterocycles. The predicted molar refractivity (Wildman–Crippen MR) is 73.2 cm³/mol. The lowest BCUT2D eigenvalue weighted by atomic mass is 10.1. The lowest BCUT2D eigenvalue weighted by Crippen LogP contribution is -2.11. The van der Waals surface area contributed by atoms with Gasteiger partial charge in [-0.2, -0.15) is 0 Å². The van der Waals surface area contributed by atoms with Crippen molar-refractivity contribution < 1.29 is 4.57 Å². The summed E-state index contributed by atoms with van der Waals surface area (Å²) in [4.78, 5) is 11.8. The van der Waals surface area contributed by atoms with Gasteiger partial charge in [0.25, 0.3) is 0 Å². The molecule has 94 valence electrons. The van der Waals surface area contributed by atoms with E-state index < -0.39 is 7.14 Å². The Hall–Kier alpha value is -1.25. The number of halogens is 1. The number of aromatic nitrogens is 3. The minimum atomic E-state index is -2.31. The van der Waals surface area contributed by atoms with Crippen LogP contribution in [0.2, 0.25) is 5.28 Å². The maximum Gasteiger partial charge on any atom is 0.225 e. The number of benzene rings is 1. The average molecular weight is 282 g/mol. The van der Waals surface area contributed by atoms with Gasteiger partial charge >= 0.3 is 0 Å². The zero-order chi connectivity index (χ0) is 13.2. The Bertz CT molecular complexity index is 612. The second-order valence-corrected chi connectivity index (χ2v) is 7.85. The van der Waals surface area contributed by atoms with E-state index in [0.717, 1.165) is 10.9 Å². The molecule has 0 aliphatic heterocycles. The molecule has 0 radical (unpaired) electrons. The highest BCUT2D eigenvalue weighted by Crippen LogP contribution is 2.36. The Kier molecular flexibility index (Phi) is 3.79. The lowest BCUT2D eigenvalue weighted by molar-refractivity contribution is 0.588. The van der Waals surface area contributed by atoms with Gasteiger partial charge in [0.1, 0.15) is 19.3 Å². The summed E-state index contributed by atoms with van der Waals surface area (Å²) in [6.45, 7) is 3.51. The molecule has 1 aromatic heterocycles. The van der Waals surface area contributed by atoms with Crippen LogP contribution in [-0.4, -0.2) is 28.3 Å². The Morgan fingerprint density at radius 1 is 1.22 bits per heavy atom. The number of hydrogen-bond acceptors (Lipinski definition) is 4. The standard InChI is InChI=1S/C12H13ClN3OP/c1-18(2,17)10-6-4-3-5-9(10)7-11-14-8-15-12(13)16-11/h3-6,8H,7H2,1-2H3. The predicted octanol–water partition coefficient (Wildman–Crippen LogP) is 2.36. The summed E-state index contributed by atoms with van der Waals surface area (Å²) in [5, 5.41) is 1.04. The Balaban J connectivity index is 2.38. The zero-order valence-electron chi connectivity index (χ0n) is 10.2. The summed E-state index contributed by atoms with van der Waals surface area (Å²) in [6.07, 6.45) is 1.88. The van der Waals surface area contributed by atoms with Gasteiger partial charge in [0.2, 0.25) is 5.28 Å². The first-order valence-corrected chi connectivity index (χ1v) is 8.41. The van der Waals surface area contributed by atoms with Crippen molar-refractivity contribution in [3.63, 3.8) is 0 Å². The van der Waals surface area contributed by atoms with Crippen molar-refractivity contribution in [1.82, 2.24) is 15.0 Å². The maximum absolute atomic E-state index is 12.2. The summed E-state index contributed by atoms with van der Waals surface area (Å²) in [6, 6.07) is 7.63. The second kappa shape index (κ2) is 5.17. The summed E-state index contributed by atoms with van der Waals surface area (Å²) >= 11 is 5.72. The lowest BCUT2D eigenvalue weighted by Gasteiger charge is -2.12. The van der Waals surface area contributed by atoms with E-state index in [-0.39, 0.29) is 5.28 Å². The van der Waals surface area contributed by atoms with Crippen molar-refractivity contribution in [2.75, 3.05) is 13.3 Å². The van der Waals surface area contributed by atoms with Crippen LogP contribution in [0.25, 0.3) is 0 Å². The summed E-state index contributed by atoms with van der Waals surface area (Å²) in [5.74, 6) is 0.580. The van der Waals surface area contributed by atoms with Crippen molar-refractivity contribution in [2.45, 2.75) is 6.42 Å². The van der Waals surface area contributed by atoms with E-state index in [9.17, 15) is 4.57 Å². The number of hydrogen-bond donors (Lipinski definition) is 0. The van der Waals surface area contributed by atoms with Crippen molar-refractivity contribution in [2.24, 2.45) is 0 Å². The van der Waals surface area contributed by atoms with E-state index in [1.807, 2.05) is 24.3 Å². The largest absolute Gasteiger partial charge is 0.319 e. The molecule has 2 rings (SSSR count). The van der Waals surface area contributed by atoms with Crippen molar-refractivity contribution in [3.8, 4) is 0 Å². The Morgan fingerprint density at radius 3 is 2.61 bits per heavy atom. The van der Waals surface area contributed by atoms with E-state index >= 15 is 0 Å². The van der Waals surface area contributed by atoms with Gasteiger partial charge in [-0.05, 0) is 30.5 Å². The van der Waals surface area contributed by atoms with E-state index in [1.54, 1.807) is 13.3 Å². The van der Waals surface area contributed by atoms with Crippen LogP contribution in [0, 0.1) is 0 Å². The first-order valence-electron chi connectivity index (χ1n) is 5.43. The Labute approximate surface area is 111 Å². The highest BCUT2D eigenvalue weighted by Gasteiger charge is 2.16. The molecule has 0 amide bonds. The highest BCUT2D eigenvalue weighted by molar-refractivity contribution is 7.70. The van der Waals surface area contributed by atoms with Crippen LogP contribution < -0.4 is 5.30 Å². The van der Waals surface area contributed by atoms with Gasteiger partial charge in [0.15, 0.2) is 0 Å². The van der Waals surface area contributed by atoms with Gasteiger partial charge < -0.3 is 4.57 Å². The minimum Gasteiger partial charge on any atom is -0.319 e. The minimum absolute atomic E-state index is 0.175. The van der Waals surface area contributed by atoms with E-state index in [4.69, 9.17) is 11.6 Å². The van der Waals surface area contributed by atoms with Gasteiger partial charge in [-0.25, -0.2) is 15.0 Å². The van der Waals surface area contributed by atoms with Crippen LogP contribution in [0.5, 0.6) is 0 Å². The van der Waals surface area contributed by atoms with Crippen molar-refractivity contribution >= 4 is 24.0 Å². The fourth-order valence-electron chi connectivity index (χ4n) is 1.75. The molecule has 0 spiro atoms. The van der Waals surface area contributed by atoms with Crippen LogP contribution in [0.4, 0.5) is 0 Å². The molecule has 0 unspecified atom stereocenters.